The smallest absolute Gasteiger partial charge is 0.331 e. The fraction of sp³-hybridized carbons (Fsp3) is 0.722. The van der Waals surface area contributed by atoms with Crippen LogP contribution in [0.3, 0.4) is 0 Å². The van der Waals surface area contributed by atoms with Gasteiger partial charge in [0.15, 0.2) is 5.79 Å². The van der Waals surface area contributed by atoms with Crippen LogP contribution in [0.1, 0.15) is 92.7 Å². The average molecular weight is 657 g/mol. The zero-order valence-electron chi connectivity index (χ0n) is 28.8. The molecule has 3 aliphatic heterocycles. The highest BCUT2D eigenvalue weighted by Crippen LogP contribution is 2.81. The zero-order valence-corrected chi connectivity index (χ0v) is 28.8. The van der Waals surface area contributed by atoms with Crippen LogP contribution in [0.4, 0.5) is 0 Å². The fourth-order valence-corrected chi connectivity index (χ4v) is 10.1. The van der Waals surface area contributed by atoms with Crippen molar-refractivity contribution in [1.29, 1.82) is 0 Å². The summed E-state index contributed by atoms with van der Waals surface area (Å²) in [6.45, 7) is 14.9. The van der Waals surface area contributed by atoms with Crippen molar-refractivity contribution in [2.45, 2.75) is 111 Å². The van der Waals surface area contributed by atoms with Gasteiger partial charge in [-0.1, -0.05) is 55.4 Å². The second kappa shape index (κ2) is 10.9. The van der Waals surface area contributed by atoms with Crippen LogP contribution in [-0.2, 0) is 42.9 Å². The van der Waals surface area contributed by atoms with Crippen molar-refractivity contribution in [3.8, 4) is 0 Å². The van der Waals surface area contributed by atoms with Gasteiger partial charge in [0, 0.05) is 40.2 Å². The number of hydrogen-bond acceptors (Lipinski definition) is 11. The standard InChI is InChI=1S/C36H48O11/c1-10-19(4)31(40)45-28-26-29(46-30(39)18(2)3)35-21(34(8,36(26,41)47-35)22(32(28,5)6)15-24(37)42-9)11-13-33(7)23(35)16-25(38)44-27(33)20-12-14-43-17-20/h12,14,16-19,21-22,26-29,41H,10-11,13,15H2,1-9H3/t19-,21+,22-,26?,27-,28+,29+,33+,34+,35-,36-/m0/s1. The van der Waals surface area contributed by atoms with Crippen LogP contribution < -0.4 is 0 Å². The van der Waals surface area contributed by atoms with Gasteiger partial charge in [-0.15, -0.1) is 0 Å². The van der Waals surface area contributed by atoms with Gasteiger partial charge in [-0.2, -0.15) is 0 Å². The SMILES string of the molecule is CC[C@H](C)C(=O)O[C@@H]1C2[C@@H](OC(=O)C(C)C)[C@]34O[C@]2(O)[C@@](C)([C@@H](CC(=O)OC)C1(C)C)[C@H]3CC[C@]1(C)C4=CC(=O)O[C@H]1c1ccoc1. The predicted octanol–water partition coefficient (Wildman–Crippen LogP) is 5.06. The lowest BCUT2D eigenvalue weighted by Gasteiger charge is -2.67. The summed E-state index contributed by atoms with van der Waals surface area (Å²) in [5, 5.41) is 13.2. The molecular formula is C36H48O11. The summed E-state index contributed by atoms with van der Waals surface area (Å²) >= 11 is 0. The molecule has 4 heterocycles. The molecule has 47 heavy (non-hydrogen) atoms. The van der Waals surface area contributed by atoms with Gasteiger partial charge in [-0.25, -0.2) is 4.79 Å². The molecule has 2 saturated carbocycles. The molecule has 2 aliphatic carbocycles. The number of cyclic esters (lactones) is 1. The molecule has 258 valence electrons. The molecule has 11 atom stereocenters. The van der Waals surface area contributed by atoms with E-state index in [0.29, 0.717) is 30.4 Å². The molecule has 5 aliphatic rings. The van der Waals surface area contributed by atoms with Crippen molar-refractivity contribution in [2.24, 2.45) is 45.8 Å². The molecule has 1 unspecified atom stereocenters. The van der Waals surface area contributed by atoms with Gasteiger partial charge in [0.1, 0.15) is 23.9 Å². The Balaban J connectivity index is 1.62. The lowest BCUT2D eigenvalue weighted by Crippen LogP contribution is -2.76. The summed E-state index contributed by atoms with van der Waals surface area (Å²) in [5.41, 5.74) is -3.15. The van der Waals surface area contributed by atoms with Crippen molar-refractivity contribution in [1.82, 2.24) is 0 Å². The molecule has 1 N–H and O–H groups in total. The van der Waals surface area contributed by atoms with E-state index < -0.39 is 99.4 Å². The molecule has 0 aromatic carbocycles. The minimum absolute atomic E-state index is 0.0746. The van der Waals surface area contributed by atoms with Crippen LogP contribution in [0.2, 0.25) is 0 Å². The lowest BCUT2D eigenvalue weighted by atomic mass is 9.37. The molecule has 11 heteroatoms. The molecule has 1 aromatic rings. The maximum absolute atomic E-state index is 13.6. The maximum Gasteiger partial charge on any atom is 0.331 e. The summed E-state index contributed by atoms with van der Waals surface area (Å²) in [6.07, 6.45) is 3.07. The molecule has 0 amide bonds. The van der Waals surface area contributed by atoms with E-state index in [2.05, 4.69) is 0 Å². The van der Waals surface area contributed by atoms with E-state index in [9.17, 15) is 24.3 Å². The molecule has 2 bridgehead atoms. The summed E-state index contributed by atoms with van der Waals surface area (Å²) in [5.74, 6) is -7.18. The Hall–Kier alpha value is -3.18. The highest BCUT2D eigenvalue weighted by Gasteiger charge is 2.90. The fourth-order valence-electron chi connectivity index (χ4n) is 10.1. The van der Waals surface area contributed by atoms with E-state index in [1.807, 2.05) is 34.6 Å². The van der Waals surface area contributed by atoms with Gasteiger partial charge in [-0.3, -0.25) is 14.4 Å². The summed E-state index contributed by atoms with van der Waals surface area (Å²) in [6, 6.07) is 1.75. The number of ether oxygens (including phenoxy) is 5. The topological polar surface area (TPSA) is 148 Å². The number of fused-ring (bicyclic) bond motifs is 2. The second-order valence-corrected chi connectivity index (χ2v) is 15.7. The third-order valence-corrected chi connectivity index (χ3v) is 12.7. The van der Waals surface area contributed by atoms with Crippen molar-refractivity contribution in [3.05, 3.63) is 35.8 Å². The van der Waals surface area contributed by atoms with E-state index in [-0.39, 0.29) is 6.42 Å². The van der Waals surface area contributed by atoms with Gasteiger partial charge in [0.25, 0.3) is 0 Å². The average Bonchev–Trinajstić information content (AvgIpc) is 3.68. The van der Waals surface area contributed by atoms with Crippen molar-refractivity contribution >= 4 is 23.9 Å². The third kappa shape index (κ3) is 4.30. The van der Waals surface area contributed by atoms with Crippen molar-refractivity contribution < 1.29 is 52.4 Å². The highest BCUT2D eigenvalue weighted by molar-refractivity contribution is 5.86. The molecular weight excluding hydrogens is 608 g/mol. The van der Waals surface area contributed by atoms with Crippen molar-refractivity contribution in [2.75, 3.05) is 7.11 Å². The van der Waals surface area contributed by atoms with Crippen LogP contribution in [0.15, 0.2) is 34.7 Å². The Morgan fingerprint density at radius 1 is 1.06 bits per heavy atom. The summed E-state index contributed by atoms with van der Waals surface area (Å²) < 4.78 is 36.3. The summed E-state index contributed by atoms with van der Waals surface area (Å²) in [7, 11) is 1.32. The lowest BCUT2D eigenvalue weighted by molar-refractivity contribution is -0.326. The largest absolute Gasteiger partial charge is 0.472 e. The van der Waals surface area contributed by atoms with E-state index in [1.165, 1.54) is 19.4 Å². The number of rotatable bonds is 8. The Morgan fingerprint density at radius 3 is 2.34 bits per heavy atom. The van der Waals surface area contributed by atoms with Gasteiger partial charge in [-0.05, 0) is 36.8 Å². The Kier molecular flexibility index (Phi) is 7.83. The van der Waals surface area contributed by atoms with E-state index in [0.717, 1.165) is 0 Å². The van der Waals surface area contributed by atoms with Crippen LogP contribution in [0, 0.1) is 45.8 Å². The Labute approximate surface area is 275 Å². The number of carbonyl (C=O) groups is 4. The normalized spacial score (nSPS) is 41.7. The first-order valence-corrected chi connectivity index (χ1v) is 16.8. The van der Waals surface area contributed by atoms with Crippen LogP contribution in [0.25, 0.3) is 0 Å². The first kappa shape index (κ1) is 33.7. The number of hydrogen-bond donors (Lipinski definition) is 1. The maximum atomic E-state index is 13.6. The molecule has 0 radical (unpaired) electrons. The number of methoxy groups -OCH3 is 1. The number of carbonyl (C=O) groups excluding carboxylic acids is 4. The molecule has 6 rings (SSSR count). The van der Waals surface area contributed by atoms with Gasteiger partial charge in [0.05, 0.1) is 37.4 Å². The van der Waals surface area contributed by atoms with E-state index >= 15 is 0 Å². The monoisotopic (exact) mass is 656 g/mol. The van der Waals surface area contributed by atoms with Gasteiger partial charge >= 0.3 is 23.9 Å². The highest BCUT2D eigenvalue weighted by atomic mass is 16.7. The minimum atomic E-state index is -2.02. The van der Waals surface area contributed by atoms with Crippen LogP contribution in [-0.4, -0.2) is 59.7 Å². The summed E-state index contributed by atoms with van der Waals surface area (Å²) in [4.78, 5) is 53.7. The quantitative estimate of drug-likeness (QED) is 0.296. The number of esters is 4. The molecule has 11 nitrogen and oxygen atoms in total. The molecule has 1 spiro atoms. The first-order valence-electron chi connectivity index (χ1n) is 16.8. The van der Waals surface area contributed by atoms with Crippen LogP contribution >= 0.6 is 0 Å². The van der Waals surface area contributed by atoms with E-state index in [1.54, 1.807) is 33.1 Å². The second-order valence-electron chi connectivity index (χ2n) is 15.7. The molecule has 4 fully saturated rings. The third-order valence-electron chi connectivity index (χ3n) is 12.7. The minimum Gasteiger partial charge on any atom is -0.472 e. The first-order chi connectivity index (χ1) is 21.9. The predicted molar refractivity (Wildman–Crippen MR) is 165 cm³/mol. The van der Waals surface area contributed by atoms with Crippen molar-refractivity contribution in [3.63, 3.8) is 0 Å². The Morgan fingerprint density at radius 2 is 1.74 bits per heavy atom. The Bertz CT molecular complexity index is 1490. The molecule has 2 saturated heterocycles. The number of aliphatic hydroxyl groups is 1. The van der Waals surface area contributed by atoms with Crippen LogP contribution in [0.5, 0.6) is 0 Å². The van der Waals surface area contributed by atoms with Gasteiger partial charge < -0.3 is 33.2 Å². The van der Waals surface area contributed by atoms with Gasteiger partial charge in [0.2, 0.25) is 0 Å². The molecule has 1 aromatic heterocycles. The van der Waals surface area contributed by atoms with E-state index in [4.69, 9.17) is 28.1 Å². The number of furan rings is 1. The zero-order chi connectivity index (χ0) is 34.5.